The average molecular weight is 285 g/mol. The van der Waals surface area contributed by atoms with Gasteiger partial charge in [-0.05, 0) is 50.5 Å². The molecule has 2 nitrogen and oxygen atoms in total. The Morgan fingerprint density at radius 2 is 2.32 bits per heavy atom. The summed E-state index contributed by atoms with van der Waals surface area (Å²) in [4.78, 5) is 2.35. The number of rotatable bonds is 5. The van der Waals surface area contributed by atoms with Crippen LogP contribution in [0.2, 0.25) is 5.02 Å². The number of halogens is 2. The van der Waals surface area contributed by atoms with E-state index in [0.29, 0.717) is 17.5 Å². The molecule has 0 spiro atoms. The second-order valence-electron chi connectivity index (χ2n) is 5.29. The van der Waals surface area contributed by atoms with Gasteiger partial charge in [0, 0.05) is 23.7 Å². The monoisotopic (exact) mass is 284 g/mol. The van der Waals surface area contributed by atoms with Crippen LogP contribution in [0, 0.1) is 11.7 Å². The van der Waals surface area contributed by atoms with Crippen molar-refractivity contribution in [2.45, 2.75) is 26.3 Å². The van der Waals surface area contributed by atoms with Gasteiger partial charge in [0.1, 0.15) is 5.82 Å². The lowest BCUT2D eigenvalue weighted by Crippen LogP contribution is -2.39. The van der Waals surface area contributed by atoms with Crippen molar-refractivity contribution < 1.29 is 4.39 Å². The van der Waals surface area contributed by atoms with E-state index < -0.39 is 0 Å². The Morgan fingerprint density at radius 1 is 1.47 bits per heavy atom. The molecule has 106 valence electrons. The van der Waals surface area contributed by atoms with Crippen LogP contribution < -0.4 is 5.32 Å². The van der Waals surface area contributed by atoms with Crippen molar-refractivity contribution in [2.75, 3.05) is 26.2 Å². The second-order valence-corrected chi connectivity index (χ2v) is 5.72. The summed E-state index contributed by atoms with van der Waals surface area (Å²) in [5.41, 5.74) is 0.744. The van der Waals surface area contributed by atoms with Crippen LogP contribution >= 0.6 is 11.6 Å². The molecule has 1 fully saturated rings. The van der Waals surface area contributed by atoms with Crippen LogP contribution in [0.5, 0.6) is 0 Å². The van der Waals surface area contributed by atoms with Gasteiger partial charge in [-0.2, -0.15) is 0 Å². The highest BCUT2D eigenvalue weighted by atomic mass is 35.5. The molecule has 0 radical (unpaired) electrons. The first-order chi connectivity index (χ1) is 9.19. The minimum atomic E-state index is -0.193. The molecule has 1 aromatic rings. The largest absolute Gasteiger partial charge is 0.317 e. The molecule has 0 saturated carbocycles. The molecule has 0 aliphatic carbocycles. The molecule has 0 bridgehead atoms. The van der Waals surface area contributed by atoms with Crippen molar-refractivity contribution in [3.05, 3.63) is 34.6 Å². The maximum atomic E-state index is 13.8. The number of hydrogen-bond acceptors (Lipinski definition) is 2. The third kappa shape index (κ3) is 4.44. The van der Waals surface area contributed by atoms with Crippen LogP contribution in [-0.4, -0.2) is 31.1 Å². The number of piperidine rings is 1. The highest BCUT2D eigenvalue weighted by Crippen LogP contribution is 2.21. The fourth-order valence-corrected chi connectivity index (χ4v) is 2.86. The van der Waals surface area contributed by atoms with Crippen molar-refractivity contribution in [1.29, 1.82) is 0 Å². The molecule has 4 heteroatoms. The Labute approximate surface area is 119 Å². The topological polar surface area (TPSA) is 15.3 Å². The third-order valence-corrected chi connectivity index (χ3v) is 3.93. The summed E-state index contributed by atoms with van der Waals surface area (Å²) in [6, 6.07) is 4.96. The minimum absolute atomic E-state index is 0.193. The SMILES string of the molecule is CCNCC1CCCN(Cc2ccc(Cl)cc2F)C1. The predicted octanol–water partition coefficient (Wildman–Crippen LogP) is 3.30. The van der Waals surface area contributed by atoms with Gasteiger partial charge in [-0.1, -0.05) is 24.6 Å². The Morgan fingerprint density at radius 3 is 3.05 bits per heavy atom. The lowest BCUT2D eigenvalue weighted by atomic mass is 9.97. The van der Waals surface area contributed by atoms with Gasteiger partial charge in [0.2, 0.25) is 0 Å². The lowest BCUT2D eigenvalue weighted by Gasteiger charge is -2.33. The maximum Gasteiger partial charge on any atom is 0.129 e. The smallest absolute Gasteiger partial charge is 0.129 e. The second kappa shape index (κ2) is 7.22. The zero-order valence-corrected chi connectivity index (χ0v) is 12.2. The quantitative estimate of drug-likeness (QED) is 0.892. The molecule has 1 heterocycles. The van der Waals surface area contributed by atoms with Crippen LogP contribution in [0.15, 0.2) is 18.2 Å². The van der Waals surface area contributed by atoms with E-state index >= 15 is 0 Å². The van der Waals surface area contributed by atoms with E-state index in [1.54, 1.807) is 12.1 Å². The fourth-order valence-electron chi connectivity index (χ4n) is 2.70. The first kappa shape index (κ1) is 14.8. The molecule has 1 aliphatic heterocycles. The van der Waals surface area contributed by atoms with E-state index in [2.05, 4.69) is 17.1 Å². The van der Waals surface area contributed by atoms with Gasteiger partial charge in [0.15, 0.2) is 0 Å². The maximum absolute atomic E-state index is 13.8. The standard InChI is InChI=1S/C15H22ClFN2/c1-2-18-9-12-4-3-7-19(10-12)11-13-5-6-14(16)8-15(13)17/h5-6,8,12,18H,2-4,7,9-11H2,1H3. The van der Waals surface area contributed by atoms with Crippen LogP contribution in [0.1, 0.15) is 25.3 Å². The Balaban J connectivity index is 1.91. The predicted molar refractivity (Wildman–Crippen MR) is 78.0 cm³/mol. The van der Waals surface area contributed by atoms with Crippen LogP contribution in [-0.2, 0) is 6.54 Å². The first-order valence-electron chi connectivity index (χ1n) is 7.06. The summed E-state index contributed by atoms with van der Waals surface area (Å²) in [5.74, 6) is 0.491. The minimum Gasteiger partial charge on any atom is -0.317 e. The van der Waals surface area contributed by atoms with Gasteiger partial charge in [0.05, 0.1) is 0 Å². The van der Waals surface area contributed by atoms with Crippen LogP contribution in [0.4, 0.5) is 4.39 Å². The normalized spacial score (nSPS) is 20.7. The van der Waals surface area contributed by atoms with Crippen molar-refractivity contribution in [3.8, 4) is 0 Å². The highest BCUT2D eigenvalue weighted by Gasteiger charge is 2.20. The van der Waals surface area contributed by atoms with Gasteiger partial charge in [-0.15, -0.1) is 0 Å². The van der Waals surface area contributed by atoms with Crippen LogP contribution in [0.3, 0.4) is 0 Å². The summed E-state index contributed by atoms with van der Waals surface area (Å²) in [6.45, 7) is 7.01. The van der Waals surface area contributed by atoms with Crippen molar-refractivity contribution >= 4 is 11.6 Å². The zero-order valence-electron chi connectivity index (χ0n) is 11.5. The molecule has 1 saturated heterocycles. The van der Waals surface area contributed by atoms with Gasteiger partial charge < -0.3 is 5.32 Å². The molecule has 1 aromatic carbocycles. The third-order valence-electron chi connectivity index (χ3n) is 3.70. The number of benzene rings is 1. The summed E-state index contributed by atoms with van der Waals surface area (Å²) < 4.78 is 13.8. The highest BCUT2D eigenvalue weighted by molar-refractivity contribution is 6.30. The van der Waals surface area contributed by atoms with Gasteiger partial charge in [-0.3, -0.25) is 4.90 Å². The van der Waals surface area contributed by atoms with E-state index in [1.807, 2.05) is 0 Å². The fraction of sp³-hybridized carbons (Fsp3) is 0.600. The summed E-state index contributed by atoms with van der Waals surface area (Å²) in [5, 5.41) is 3.87. The molecule has 1 unspecified atom stereocenters. The van der Waals surface area contributed by atoms with Crippen molar-refractivity contribution in [3.63, 3.8) is 0 Å². The van der Waals surface area contributed by atoms with Gasteiger partial charge in [0.25, 0.3) is 0 Å². The Bertz CT molecular complexity index is 411. The van der Waals surface area contributed by atoms with Gasteiger partial charge in [-0.25, -0.2) is 4.39 Å². The summed E-state index contributed by atoms with van der Waals surface area (Å²) in [6.07, 6.45) is 2.47. The Hall–Kier alpha value is -0.640. The molecular formula is C15H22ClFN2. The van der Waals surface area contributed by atoms with E-state index in [0.717, 1.165) is 31.7 Å². The van der Waals surface area contributed by atoms with Gasteiger partial charge >= 0.3 is 0 Å². The lowest BCUT2D eigenvalue weighted by molar-refractivity contribution is 0.164. The number of nitrogens with one attached hydrogen (secondary N) is 1. The van der Waals surface area contributed by atoms with E-state index in [4.69, 9.17) is 11.6 Å². The van der Waals surface area contributed by atoms with Crippen LogP contribution in [0.25, 0.3) is 0 Å². The van der Waals surface area contributed by atoms with E-state index in [-0.39, 0.29) is 5.82 Å². The van der Waals surface area contributed by atoms with E-state index in [1.165, 1.54) is 18.9 Å². The van der Waals surface area contributed by atoms with Crippen molar-refractivity contribution in [1.82, 2.24) is 10.2 Å². The molecular weight excluding hydrogens is 263 g/mol. The molecule has 0 aromatic heterocycles. The van der Waals surface area contributed by atoms with Crippen molar-refractivity contribution in [2.24, 2.45) is 5.92 Å². The molecule has 1 N–H and O–H groups in total. The van der Waals surface area contributed by atoms with E-state index in [9.17, 15) is 4.39 Å². The summed E-state index contributed by atoms with van der Waals surface area (Å²) in [7, 11) is 0. The molecule has 0 amide bonds. The summed E-state index contributed by atoms with van der Waals surface area (Å²) >= 11 is 5.78. The first-order valence-corrected chi connectivity index (χ1v) is 7.44. The zero-order chi connectivity index (χ0) is 13.7. The number of nitrogens with zero attached hydrogens (tertiary/aromatic N) is 1. The Kier molecular flexibility index (Phi) is 5.61. The molecule has 1 aliphatic rings. The average Bonchev–Trinajstić information content (AvgIpc) is 2.40. The molecule has 19 heavy (non-hydrogen) atoms. The molecule has 1 atom stereocenters. The molecule has 2 rings (SSSR count). The number of hydrogen-bond donors (Lipinski definition) is 1. The number of likely N-dealkylation sites (tertiary alicyclic amines) is 1.